The number of hydrogen-bond donors (Lipinski definition) is 1. The summed E-state index contributed by atoms with van der Waals surface area (Å²) in [6.07, 6.45) is 2.21. The molecule has 1 aromatic rings. The Morgan fingerprint density at radius 1 is 1.42 bits per heavy atom. The highest BCUT2D eigenvalue weighted by Crippen LogP contribution is 2.25. The van der Waals surface area contributed by atoms with E-state index in [1.54, 1.807) is 0 Å². The maximum atomic E-state index is 13.8. The standard InChI is InChI=1S/C14H14F2N2O/c1-8-5-6-10(15)12(13(8)16)14(19)18-11-4-2-3-9(11)7-17/h5-6,9,11H,2-4H2,1H3,(H,18,19). The second kappa shape index (κ2) is 5.35. The van der Waals surface area contributed by atoms with E-state index in [9.17, 15) is 13.6 Å². The molecule has 19 heavy (non-hydrogen) atoms. The zero-order chi connectivity index (χ0) is 14.0. The molecule has 0 heterocycles. The summed E-state index contributed by atoms with van der Waals surface area (Å²) in [6.45, 7) is 1.47. The quantitative estimate of drug-likeness (QED) is 0.892. The van der Waals surface area contributed by atoms with Gasteiger partial charge in [-0.05, 0) is 37.8 Å². The molecule has 0 aromatic heterocycles. The third kappa shape index (κ3) is 2.58. The van der Waals surface area contributed by atoms with Gasteiger partial charge in [0.15, 0.2) is 0 Å². The smallest absolute Gasteiger partial charge is 0.257 e. The van der Waals surface area contributed by atoms with Crippen molar-refractivity contribution in [3.05, 3.63) is 34.9 Å². The van der Waals surface area contributed by atoms with Crippen molar-refractivity contribution in [1.82, 2.24) is 5.32 Å². The minimum Gasteiger partial charge on any atom is -0.348 e. The highest BCUT2D eigenvalue weighted by Gasteiger charge is 2.30. The summed E-state index contributed by atoms with van der Waals surface area (Å²) in [5.41, 5.74) is -0.349. The van der Waals surface area contributed by atoms with Crippen LogP contribution in [0.25, 0.3) is 0 Å². The van der Waals surface area contributed by atoms with Crippen LogP contribution in [0.4, 0.5) is 8.78 Å². The zero-order valence-electron chi connectivity index (χ0n) is 10.5. The molecular formula is C14H14F2N2O. The second-order valence-electron chi connectivity index (χ2n) is 4.80. The molecule has 1 aliphatic carbocycles. The van der Waals surface area contributed by atoms with Crippen LogP contribution >= 0.6 is 0 Å². The van der Waals surface area contributed by atoms with E-state index in [4.69, 9.17) is 5.26 Å². The van der Waals surface area contributed by atoms with Crippen LogP contribution in [0.15, 0.2) is 12.1 Å². The molecule has 0 saturated heterocycles. The fourth-order valence-electron chi connectivity index (χ4n) is 2.39. The van der Waals surface area contributed by atoms with Crippen molar-refractivity contribution in [3.63, 3.8) is 0 Å². The fraction of sp³-hybridized carbons (Fsp3) is 0.429. The molecule has 1 saturated carbocycles. The summed E-state index contributed by atoms with van der Waals surface area (Å²) >= 11 is 0. The highest BCUT2D eigenvalue weighted by molar-refractivity contribution is 5.95. The minimum atomic E-state index is -0.882. The molecule has 5 heteroatoms. The van der Waals surface area contributed by atoms with Gasteiger partial charge >= 0.3 is 0 Å². The summed E-state index contributed by atoms with van der Waals surface area (Å²) in [5.74, 6) is -2.79. The van der Waals surface area contributed by atoms with Gasteiger partial charge in [-0.25, -0.2) is 8.78 Å². The number of nitrogens with zero attached hydrogens (tertiary/aromatic N) is 1. The molecule has 0 aliphatic heterocycles. The van der Waals surface area contributed by atoms with Gasteiger partial charge < -0.3 is 5.32 Å². The third-order valence-corrected chi connectivity index (χ3v) is 3.51. The molecule has 0 spiro atoms. The first-order chi connectivity index (χ1) is 9.04. The Labute approximate surface area is 110 Å². The molecule has 2 rings (SSSR count). The first kappa shape index (κ1) is 13.5. The van der Waals surface area contributed by atoms with Crippen molar-refractivity contribution in [2.45, 2.75) is 32.2 Å². The second-order valence-corrected chi connectivity index (χ2v) is 4.80. The number of carbonyl (C=O) groups excluding carboxylic acids is 1. The lowest BCUT2D eigenvalue weighted by molar-refractivity contribution is 0.0924. The Hall–Kier alpha value is -1.96. The van der Waals surface area contributed by atoms with Crippen LogP contribution in [-0.2, 0) is 0 Å². The average molecular weight is 264 g/mol. The molecule has 3 nitrogen and oxygen atoms in total. The molecule has 1 N–H and O–H groups in total. The van der Waals surface area contributed by atoms with Gasteiger partial charge in [0.05, 0.1) is 12.0 Å². The van der Waals surface area contributed by atoms with Gasteiger partial charge in [-0.2, -0.15) is 5.26 Å². The van der Waals surface area contributed by atoms with E-state index in [-0.39, 0.29) is 17.5 Å². The number of aryl methyl sites for hydroxylation is 1. The van der Waals surface area contributed by atoms with Crippen molar-refractivity contribution in [2.24, 2.45) is 5.92 Å². The van der Waals surface area contributed by atoms with Crippen LogP contribution in [0.1, 0.15) is 35.2 Å². The summed E-state index contributed by atoms with van der Waals surface area (Å²) in [7, 11) is 0. The topological polar surface area (TPSA) is 52.9 Å². The molecule has 2 unspecified atom stereocenters. The van der Waals surface area contributed by atoms with E-state index in [0.29, 0.717) is 12.8 Å². The number of rotatable bonds is 2. The van der Waals surface area contributed by atoms with Gasteiger partial charge in [0, 0.05) is 6.04 Å². The largest absolute Gasteiger partial charge is 0.348 e. The maximum absolute atomic E-state index is 13.8. The molecule has 0 radical (unpaired) electrons. The monoisotopic (exact) mass is 264 g/mol. The number of nitriles is 1. The molecule has 1 fully saturated rings. The lowest BCUT2D eigenvalue weighted by Crippen LogP contribution is -2.37. The van der Waals surface area contributed by atoms with Gasteiger partial charge in [-0.15, -0.1) is 0 Å². The SMILES string of the molecule is Cc1ccc(F)c(C(=O)NC2CCCC2C#N)c1F. The van der Waals surface area contributed by atoms with E-state index < -0.39 is 23.1 Å². The van der Waals surface area contributed by atoms with Crippen molar-refractivity contribution in [2.75, 3.05) is 0 Å². The van der Waals surface area contributed by atoms with Crippen LogP contribution in [0, 0.1) is 35.8 Å². The number of hydrogen-bond acceptors (Lipinski definition) is 2. The van der Waals surface area contributed by atoms with Crippen molar-refractivity contribution >= 4 is 5.91 Å². The van der Waals surface area contributed by atoms with Gasteiger partial charge in [0.25, 0.3) is 5.91 Å². The summed E-state index contributed by atoms with van der Waals surface area (Å²) in [6, 6.07) is 4.15. The lowest BCUT2D eigenvalue weighted by Gasteiger charge is -2.16. The molecule has 1 aromatic carbocycles. The first-order valence-electron chi connectivity index (χ1n) is 6.19. The molecule has 100 valence electrons. The molecule has 1 amide bonds. The van der Waals surface area contributed by atoms with E-state index in [2.05, 4.69) is 11.4 Å². The van der Waals surface area contributed by atoms with Crippen LogP contribution in [0.2, 0.25) is 0 Å². The van der Waals surface area contributed by atoms with Crippen LogP contribution in [-0.4, -0.2) is 11.9 Å². The number of nitrogens with one attached hydrogen (secondary N) is 1. The normalized spacial score (nSPS) is 22.0. The van der Waals surface area contributed by atoms with E-state index >= 15 is 0 Å². The van der Waals surface area contributed by atoms with Crippen molar-refractivity contribution in [1.29, 1.82) is 5.26 Å². The van der Waals surface area contributed by atoms with Crippen molar-refractivity contribution in [3.8, 4) is 6.07 Å². The number of halogens is 2. The molecular weight excluding hydrogens is 250 g/mol. The van der Waals surface area contributed by atoms with Crippen LogP contribution in [0.5, 0.6) is 0 Å². The number of amides is 1. The predicted octanol–water partition coefficient (Wildman–Crippen LogP) is 2.70. The Bertz CT molecular complexity index is 551. The summed E-state index contributed by atoms with van der Waals surface area (Å²) < 4.78 is 27.4. The third-order valence-electron chi connectivity index (χ3n) is 3.51. The van der Waals surface area contributed by atoms with Crippen molar-refractivity contribution < 1.29 is 13.6 Å². The summed E-state index contributed by atoms with van der Waals surface area (Å²) in [4.78, 5) is 12.0. The lowest BCUT2D eigenvalue weighted by atomic mass is 10.0. The Kier molecular flexibility index (Phi) is 3.79. The van der Waals surface area contributed by atoms with Gasteiger partial charge in [-0.3, -0.25) is 4.79 Å². The van der Waals surface area contributed by atoms with E-state index in [0.717, 1.165) is 12.5 Å². The van der Waals surface area contributed by atoms with Crippen LogP contribution in [0.3, 0.4) is 0 Å². The first-order valence-corrected chi connectivity index (χ1v) is 6.19. The Balaban J connectivity index is 2.22. The minimum absolute atomic E-state index is 0.217. The molecule has 1 aliphatic rings. The fourth-order valence-corrected chi connectivity index (χ4v) is 2.39. The zero-order valence-corrected chi connectivity index (χ0v) is 10.5. The van der Waals surface area contributed by atoms with Gasteiger partial charge in [0.2, 0.25) is 0 Å². The van der Waals surface area contributed by atoms with Gasteiger partial charge in [0.1, 0.15) is 17.2 Å². The van der Waals surface area contributed by atoms with E-state index in [1.807, 2.05) is 0 Å². The van der Waals surface area contributed by atoms with Gasteiger partial charge in [-0.1, -0.05) is 6.07 Å². The molecule has 0 bridgehead atoms. The maximum Gasteiger partial charge on any atom is 0.257 e. The Morgan fingerprint density at radius 2 is 2.16 bits per heavy atom. The highest BCUT2D eigenvalue weighted by atomic mass is 19.1. The predicted molar refractivity (Wildman–Crippen MR) is 65.3 cm³/mol. The molecule has 2 atom stereocenters. The summed E-state index contributed by atoms with van der Waals surface area (Å²) in [5, 5.41) is 11.5. The average Bonchev–Trinajstić information content (AvgIpc) is 2.81. The number of benzene rings is 1. The van der Waals surface area contributed by atoms with E-state index in [1.165, 1.54) is 13.0 Å². The van der Waals surface area contributed by atoms with Crippen LogP contribution < -0.4 is 5.32 Å². The Morgan fingerprint density at radius 3 is 2.84 bits per heavy atom. The number of carbonyl (C=O) groups is 1.